The molecule has 1 saturated heterocycles. The Kier molecular flexibility index (Phi) is 2.32. The van der Waals surface area contributed by atoms with Crippen LogP contribution in [0, 0.1) is 5.82 Å². The van der Waals surface area contributed by atoms with Crippen LogP contribution in [0.3, 0.4) is 0 Å². The third-order valence-corrected chi connectivity index (χ3v) is 1.98. The number of cyclic esters (lactones) is 1. The van der Waals surface area contributed by atoms with E-state index in [9.17, 15) is 9.18 Å². The van der Waals surface area contributed by atoms with Gasteiger partial charge in [0.1, 0.15) is 11.9 Å². The van der Waals surface area contributed by atoms with Crippen molar-refractivity contribution < 1.29 is 13.9 Å². The molecule has 1 atom stereocenters. The van der Waals surface area contributed by atoms with Gasteiger partial charge in [-0.15, -0.1) is 0 Å². The predicted octanol–water partition coefficient (Wildman–Crippen LogP) is 1.11. The SMILES string of the molecule is O=C1NNCC(c2ccccc2F)O1. The van der Waals surface area contributed by atoms with Gasteiger partial charge in [0.15, 0.2) is 0 Å². The molecule has 2 N–H and O–H groups in total. The number of amides is 1. The first-order valence-electron chi connectivity index (χ1n) is 4.21. The molecule has 0 saturated carbocycles. The zero-order valence-electron chi connectivity index (χ0n) is 7.29. The van der Waals surface area contributed by atoms with Gasteiger partial charge >= 0.3 is 6.09 Å². The number of rotatable bonds is 1. The van der Waals surface area contributed by atoms with Crippen LogP contribution in [-0.4, -0.2) is 12.6 Å². The summed E-state index contributed by atoms with van der Waals surface area (Å²) >= 11 is 0. The molecular weight excluding hydrogens is 187 g/mol. The fourth-order valence-electron chi connectivity index (χ4n) is 1.33. The van der Waals surface area contributed by atoms with E-state index in [0.717, 1.165) is 0 Å². The number of carbonyl (C=O) groups is 1. The van der Waals surface area contributed by atoms with Gasteiger partial charge in [-0.2, -0.15) is 0 Å². The molecule has 1 unspecified atom stereocenters. The highest BCUT2D eigenvalue weighted by atomic mass is 19.1. The van der Waals surface area contributed by atoms with Gasteiger partial charge in [-0.3, -0.25) is 5.43 Å². The minimum Gasteiger partial charge on any atom is -0.439 e. The van der Waals surface area contributed by atoms with E-state index < -0.39 is 12.2 Å². The summed E-state index contributed by atoms with van der Waals surface area (Å²) in [6.45, 7) is 0.354. The van der Waals surface area contributed by atoms with Crippen molar-refractivity contribution in [2.24, 2.45) is 0 Å². The van der Waals surface area contributed by atoms with Crippen LogP contribution in [0.15, 0.2) is 24.3 Å². The van der Waals surface area contributed by atoms with Crippen molar-refractivity contribution in [1.29, 1.82) is 0 Å². The molecule has 0 aromatic heterocycles. The Hall–Kier alpha value is -1.62. The average Bonchev–Trinajstić information content (AvgIpc) is 2.18. The molecule has 0 bridgehead atoms. The first-order chi connectivity index (χ1) is 6.77. The van der Waals surface area contributed by atoms with Crippen molar-refractivity contribution in [2.75, 3.05) is 6.54 Å². The van der Waals surface area contributed by atoms with Gasteiger partial charge < -0.3 is 4.74 Å². The first-order valence-corrected chi connectivity index (χ1v) is 4.21. The standard InChI is InChI=1S/C9H9FN2O2/c10-7-4-2-1-3-6(7)8-5-11-12-9(13)14-8/h1-4,8,11H,5H2,(H,12,13). The zero-order chi connectivity index (χ0) is 9.97. The summed E-state index contributed by atoms with van der Waals surface area (Å²) in [6, 6.07) is 6.23. The lowest BCUT2D eigenvalue weighted by atomic mass is 10.1. The van der Waals surface area contributed by atoms with E-state index in [1.54, 1.807) is 18.2 Å². The first kappa shape index (κ1) is 8.96. The molecule has 1 heterocycles. The highest BCUT2D eigenvalue weighted by Gasteiger charge is 2.23. The number of ether oxygens (including phenoxy) is 1. The summed E-state index contributed by atoms with van der Waals surface area (Å²) in [4.78, 5) is 10.8. The lowest BCUT2D eigenvalue weighted by Gasteiger charge is -2.24. The second-order valence-corrected chi connectivity index (χ2v) is 2.92. The van der Waals surface area contributed by atoms with Gasteiger partial charge in [-0.25, -0.2) is 14.6 Å². The van der Waals surface area contributed by atoms with Gasteiger partial charge in [0.25, 0.3) is 0 Å². The van der Waals surface area contributed by atoms with E-state index in [0.29, 0.717) is 12.1 Å². The van der Waals surface area contributed by atoms with Gasteiger partial charge in [0.05, 0.1) is 6.54 Å². The van der Waals surface area contributed by atoms with Crippen molar-refractivity contribution in [3.63, 3.8) is 0 Å². The summed E-state index contributed by atoms with van der Waals surface area (Å²) in [6.07, 6.45) is -1.16. The van der Waals surface area contributed by atoms with Crippen LogP contribution in [0.2, 0.25) is 0 Å². The van der Waals surface area contributed by atoms with Crippen molar-refractivity contribution in [3.8, 4) is 0 Å². The maximum absolute atomic E-state index is 13.3. The topological polar surface area (TPSA) is 50.4 Å². The Balaban J connectivity index is 2.22. The molecule has 1 aromatic carbocycles. The smallest absolute Gasteiger partial charge is 0.422 e. The number of halogens is 1. The molecule has 1 fully saturated rings. The molecule has 0 aliphatic carbocycles. The molecule has 74 valence electrons. The maximum atomic E-state index is 13.3. The van der Waals surface area contributed by atoms with E-state index in [1.165, 1.54) is 6.07 Å². The average molecular weight is 196 g/mol. The van der Waals surface area contributed by atoms with Crippen LogP contribution >= 0.6 is 0 Å². The monoisotopic (exact) mass is 196 g/mol. The fraction of sp³-hybridized carbons (Fsp3) is 0.222. The zero-order valence-corrected chi connectivity index (χ0v) is 7.29. The Morgan fingerprint density at radius 1 is 1.43 bits per heavy atom. The molecule has 2 rings (SSSR count). The third-order valence-electron chi connectivity index (χ3n) is 1.98. The summed E-state index contributed by atoms with van der Waals surface area (Å²) in [5, 5.41) is 0. The minimum absolute atomic E-state index is 0.354. The van der Waals surface area contributed by atoms with E-state index in [-0.39, 0.29) is 5.82 Å². The molecule has 5 heteroatoms. The molecule has 1 amide bonds. The van der Waals surface area contributed by atoms with Gasteiger partial charge in [0, 0.05) is 5.56 Å². The van der Waals surface area contributed by atoms with E-state index >= 15 is 0 Å². The van der Waals surface area contributed by atoms with E-state index in [4.69, 9.17) is 4.74 Å². The quantitative estimate of drug-likeness (QED) is 0.707. The van der Waals surface area contributed by atoms with Gasteiger partial charge in [0.2, 0.25) is 0 Å². The van der Waals surface area contributed by atoms with E-state index in [2.05, 4.69) is 10.9 Å². The highest BCUT2D eigenvalue weighted by Crippen LogP contribution is 2.20. The van der Waals surface area contributed by atoms with Crippen LogP contribution in [0.25, 0.3) is 0 Å². The lowest BCUT2D eigenvalue weighted by molar-refractivity contribution is 0.0661. The van der Waals surface area contributed by atoms with Crippen molar-refractivity contribution in [1.82, 2.24) is 10.9 Å². The Morgan fingerprint density at radius 2 is 2.21 bits per heavy atom. The number of carbonyl (C=O) groups excluding carboxylic acids is 1. The number of nitrogens with one attached hydrogen (secondary N) is 2. The summed E-state index contributed by atoms with van der Waals surface area (Å²) in [5.74, 6) is -0.367. The molecule has 1 aliphatic heterocycles. The Morgan fingerprint density at radius 3 is 2.93 bits per heavy atom. The second kappa shape index (κ2) is 3.63. The van der Waals surface area contributed by atoms with Gasteiger partial charge in [-0.1, -0.05) is 18.2 Å². The largest absolute Gasteiger partial charge is 0.439 e. The molecular formula is C9H9FN2O2. The Bertz CT molecular complexity index is 356. The number of hydrogen-bond donors (Lipinski definition) is 2. The Labute approximate surface area is 80.0 Å². The van der Waals surface area contributed by atoms with Crippen molar-refractivity contribution in [3.05, 3.63) is 35.6 Å². The summed E-state index contributed by atoms with van der Waals surface area (Å²) < 4.78 is 18.2. The second-order valence-electron chi connectivity index (χ2n) is 2.92. The normalized spacial score (nSPS) is 21.2. The lowest BCUT2D eigenvalue weighted by Crippen LogP contribution is -2.47. The summed E-state index contributed by atoms with van der Waals surface area (Å²) in [7, 11) is 0. The third kappa shape index (κ3) is 1.67. The molecule has 4 nitrogen and oxygen atoms in total. The molecule has 1 aliphatic rings. The van der Waals surface area contributed by atoms with E-state index in [1.807, 2.05) is 0 Å². The minimum atomic E-state index is -0.593. The van der Waals surface area contributed by atoms with Crippen LogP contribution < -0.4 is 10.9 Å². The summed E-state index contributed by atoms with van der Waals surface area (Å²) in [5.41, 5.74) is 5.27. The van der Waals surface area contributed by atoms with Crippen LogP contribution in [0.4, 0.5) is 9.18 Å². The molecule has 1 aromatic rings. The van der Waals surface area contributed by atoms with Crippen LogP contribution in [-0.2, 0) is 4.74 Å². The molecule has 14 heavy (non-hydrogen) atoms. The molecule has 0 radical (unpaired) electrons. The van der Waals surface area contributed by atoms with Crippen LogP contribution in [0.5, 0.6) is 0 Å². The number of hydrogen-bond acceptors (Lipinski definition) is 3. The highest BCUT2D eigenvalue weighted by molar-refractivity contribution is 5.67. The number of benzene rings is 1. The molecule has 0 spiro atoms. The van der Waals surface area contributed by atoms with Crippen molar-refractivity contribution >= 4 is 6.09 Å². The maximum Gasteiger partial charge on any atom is 0.422 e. The number of hydrazine groups is 1. The fourth-order valence-corrected chi connectivity index (χ4v) is 1.33. The van der Waals surface area contributed by atoms with Crippen molar-refractivity contribution in [2.45, 2.75) is 6.10 Å². The predicted molar refractivity (Wildman–Crippen MR) is 46.8 cm³/mol. The van der Waals surface area contributed by atoms with Crippen LogP contribution in [0.1, 0.15) is 11.7 Å². The van der Waals surface area contributed by atoms with Gasteiger partial charge in [-0.05, 0) is 6.07 Å².